The summed E-state index contributed by atoms with van der Waals surface area (Å²) in [6, 6.07) is 3.61. The van der Waals surface area contributed by atoms with Gasteiger partial charge in [0.1, 0.15) is 5.82 Å². The van der Waals surface area contributed by atoms with Crippen molar-refractivity contribution in [2.45, 2.75) is 33.6 Å². The first-order valence-corrected chi connectivity index (χ1v) is 4.47. The Morgan fingerprint density at radius 1 is 1.08 bits per heavy atom. The molecule has 0 saturated carbocycles. The predicted octanol–water partition coefficient (Wildman–Crippen LogP) is 3.26. The van der Waals surface area contributed by atoms with Crippen molar-refractivity contribution in [2.24, 2.45) is 0 Å². The van der Waals surface area contributed by atoms with Crippen molar-refractivity contribution < 1.29 is 4.39 Å². The summed E-state index contributed by atoms with van der Waals surface area (Å²) < 4.78 is 13.2. The standard InChI is InChI=1S/C11H15F/c1-4-9-7-10(5-2)11(12)6-8(9)3/h6-7H,4-5H2,1-3H3. The van der Waals surface area contributed by atoms with Crippen molar-refractivity contribution in [3.05, 3.63) is 34.6 Å². The summed E-state index contributed by atoms with van der Waals surface area (Å²) in [6.07, 6.45) is 1.76. The van der Waals surface area contributed by atoms with Crippen molar-refractivity contribution >= 4 is 0 Å². The van der Waals surface area contributed by atoms with Crippen molar-refractivity contribution in [2.75, 3.05) is 0 Å². The molecule has 0 heterocycles. The van der Waals surface area contributed by atoms with E-state index in [4.69, 9.17) is 0 Å². The van der Waals surface area contributed by atoms with Crippen molar-refractivity contribution in [1.82, 2.24) is 0 Å². The number of benzene rings is 1. The average molecular weight is 166 g/mol. The third-order valence-electron chi connectivity index (χ3n) is 2.27. The van der Waals surface area contributed by atoms with Crippen LogP contribution in [0.4, 0.5) is 4.39 Å². The largest absolute Gasteiger partial charge is 0.207 e. The van der Waals surface area contributed by atoms with Crippen LogP contribution >= 0.6 is 0 Å². The Balaban J connectivity index is 3.18. The van der Waals surface area contributed by atoms with Gasteiger partial charge in [-0.1, -0.05) is 19.9 Å². The maximum atomic E-state index is 13.2. The highest BCUT2D eigenvalue weighted by Crippen LogP contribution is 2.16. The van der Waals surface area contributed by atoms with Gasteiger partial charge in [0.05, 0.1) is 0 Å². The molecule has 0 aromatic heterocycles. The second-order valence-electron chi connectivity index (χ2n) is 3.08. The second kappa shape index (κ2) is 3.70. The fourth-order valence-corrected chi connectivity index (χ4v) is 1.42. The van der Waals surface area contributed by atoms with Gasteiger partial charge in [-0.15, -0.1) is 0 Å². The lowest BCUT2D eigenvalue weighted by atomic mass is 10.0. The van der Waals surface area contributed by atoms with Gasteiger partial charge in [0, 0.05) is 0 Å². The van der Waals surface area contributed by atoms with E-state index in [1.165, 1.54) is 5.56 Å². The molecule has 0 amide bonds. The van der Waals surface area contributed by atoms with Crippen LogP contribution in [0, 0.1) is 12.7 Å². The van der Waals surface area contributed by atoms with Crippen molar-refractivity contribution in [1.29, 1.82) is 0 Å². The first-order chi connectivity index (χ1) is 5.69. The Hall–Kier alpha value is -0.850. The molecule has 0 saturated heterocycles. The molecule has 0 aliphatic carbocycles. The van der Waals surface area contributed by atoms with E-state index in [1.54, 1.807) is 6.07 Å². The van der Waals surface area contributed by atoms with Crippen molar-refractivity contribution in [3.8, 4) is 0 Å². The van der Waals surface area contributed by atoms with Gasteiger partial charge in [0.15, 0.2) is 0 Å². The minimum Gasteiger partial charge on any atom is -0.207 e. The van der Waals surface area contributed by atoms with Gasteiger partial charge >= 0.3 is 0 Å². The molecule has 0 bridgehead atoms. The van der Waals surface area contributed by atoms with Gasteiger partial charge in [-0.3, -0.25) is 0 Å². The topological polar surface area (TPSA) is 0 Å². The summed E-state index contributed by atoms with van der Waals surface area (Å²) in [4.78, 5) is 0. The van der Waals surface area contributed by atoms with Crippen molar-refractivity contribution in [3.63, 3.8) is 0 Å². The maximum absolute atomic E-state index is 13.2. The molecule has 0 N–H and O–H groups in total. The molecule has 0 fully saturated rings. The van der Waals surface area contributed by atoms with Gasteiger partial charge in [-0.2, -0.15) is 0 Å². The molecule has 66 valence electrons. The monoisotopic (exact) mass is 166 g/mol. The number of hydrogen-bond acceptors (Lipinski definition) is 0. The van der Waals surface area contributed by atoms with E-state index in [2.05, 4.69) is 6.92 Å². The van der Waals surface area contributed by atoms with E-state index in [0.29, 0.717) is 0 Å². The van der Waals surface area contributed by atoms with Gasteiger partial charge in [-0.25, -0.2) is 4.39 Å². The molecule has 0 aliphatic rings. The molecule has 1 aromatic rings. The number of hydrogen-bond donors (Lipinski definition) is 0. The molecule has 0 spiro atoms. The van der Waals surface area contributed by atoms with E-state index < -0.39 is 0 Å². The SMILES string of the molecule is CCc1cc(CC)c(F)cc1C. The molecule has 0 radical (unpaired) electrons. The Labute approximate surface area is 73.4 Å². The lowest BCUT2D eigenvalue weighted by Crippen LogP contribution is -1.94. The summed E-state index contributed by atoms with van der Waals surface area (Å²) in [6.45, 7) is 6.04. The zero-order valence-electron chi connectivity index (χ0n) is 7.95. The molecule has 1 aromatic carbocycles. The highest BCUT2D eigenvalue weighted by Gasteiger charge is 2.03. The first-order valence-electron chi connectivity index (χ1n) is 4.47. The van der Waals surface area contributed by atoms with Crippen LogP contribution in [0.2, 0.25) is 0 Å². The van der Waals surface area contributed by atoms with Gasteiger partial charge in [0.25, 0.3) is 0 Å². The van der Waals surface area contributed by atoms with Crippen LogP contribution in [0.1, 0.15) is 30.5 Å². The van der Waals surface area contributed by atoms with Crippen LogP contribution in [-0.2, 0) is 12.8 Å². The minimum atomic E-state index is -0.0628. The molecule has 1 rings (SSSR count). The van der Waals surface area contributed by atoms with E-state index >= 15 is 0 Å². The first kappa shape index (κ1) is 9.24. The number of halogens is 1. The zero-order valence-corrected chi connectivity index (χ0v) is 7.95. The highest BCUT2D eigenvalue weighted by atomic mass is 19.1. The van der Waals surface area contributed by atoms with Crippen LogP contribution in [0.3, 0.4) is 0 Å². The summed E-state index contributed by atoms with van der Waals surface area (Å²) in [5.74, 6) is -0.0628. The molecule has 0 atom stereocenters. The second-order valence-corrected chi connectivity index (χ2v) is 3.08. The predicted molar refractivity (Wildman–Crippen MR) is 49.9 cm³/mol. The quantitative estimate of drug-likeness (QED) is 0.632. The van der Waals surface area contributed by atoms with E-state index in [-0.39, 0.29) is 5.82 Å². The Morgan fingerprint density at radius 2 is 1.67 bits per heavy atom. The Kier molecular flexibility index (Phi) is 2.85. The summed E-state index contributed by atoms with van der Waals surface area (Å²) in [7, 11) is 0. The van der Waals surface area contributed by atoms with Gasteiger partial charge in [-0.05, 0) is 42.5 Å². The third kappa shape index (κ3) is 1.66. The van der Waals surface area contributed by atoms with Crippen LogP contribution in [0.15, 0.2) is 12.1 Å². The lowest BCUT2D eigenvalue weighted by Gasteiger charge is -2.06. The minimum absolute atomic E-state index is 0.0628. The van der Waals surface area contributed by atoms with Crippen LogP contribution in [-0.4, -0.2) is 0 Å². The highest BCUT2D eigenvalue weighted by molar-refractivity contribution is 5.32. The molecular formula is C11H15F. The fourth-order valence-electron chi connectivity index (χ4n) is 1.42. The van der Waals surface area contributed by atoms with E-state index in [0.717, 1.165) is 24.0 Å². The smallest absolute Gasteiger partial charge is 0.126 e. The number of aryl methyl sites for hydroxylation is 3. The Morgan fingerprint density at radius 3 is 2.17 bits per heavy atom. The van der Waals surface area contributed by atoms with Gasteiger partial charge in [0.2, 0.25) is 0 Å². The molecule has 0 aliphatic heterocycles. The molecule has 1 heteroatoms. The molecule has 0 nitrogen and oxygen atoms in total. The average Bonchev–Trinajstić information content (AvgIpc) is 2.05. The maximum Gasteiger partial charge on any atom is 0.126 e. The summed E-state index contributed by atoms with van der Waals surface area (Å²) >= 11 is 0. The van der Waals surface area contributed by atoms with Crippen LogP contribution in [0.25, 0.3) is 0 Å². The molecule has 0 unspecified atom stereocenters. The normalized spacial score (nSPS) is 10.3. The van der Waals surface area contributed by atoms with Gasteiger partial charge < -0.3 is 0 Å². The summed E-state index contributed by atoms with van der Waals surface area (Å²) in [5.41, 5.74) is 3.15. The Bertz CT molecular complexity index is 251. The lowest BCUT2D eigenvalue weighted by molar-refractivity contribution is 0.610. The zero-order chi connectivity index (χ0) is 9.14. The van der Waals surface area contributed by atoms with E-state index in [9.17, 15) is 4.39 Å². The third-order valence-corrected chi connectivity index (χ3v) is 2.27. The van der Waals surface area contributed by atoms with Crippen LogP contribution < -0.4 is 0 Å². The molecule has 12 heavy (non-hydrogen) atoms. The van der Waals surface area contributed by atoms with Crippen LogP contribution in [0.5, 0.6) is 0 Å². The summed E-state index contributed by atoms with van der Waals surface area (Å²) in [5, 5.41) is 0. The fraction of sp³-hybridized carbons (Fsp3) is 0.455. The number of rotatable bonds is 2. The van der Waals surface area contributed by atoms with E-state index in [1.807, 2.05) is 19.9 Å². The molecular weight excluding hydrogens is 151 g/mol.